The summed E-state index contributed by atoms with van der Waals surface area (Å²) >= 11 is 0. The molecule has 5 nitrogen and oxygen atoms in total. The normalized spacial score (nSPS) is 21.6. The van der Waals surface area contributed by atoms with Crippen LogP contribution >= 0.6 is 0 Å². The molecule has 1 heterocycles. The highest BCUT2D eigenvalue weighted by molar-refractivity contribution is 5.96. The molecule has 0 radical (unpaired) electrons. The van der Waals surface area contributed by atoms with Crippen molar-refractivity contribution in [3.63, 3.8) is 0 Å². The van der Waals surface area contributed by atoms with E-state index in [9.17, 15) is 14.7 Å². The van der Waals surface area contributed by atoms with Crippen molar-refractivity contribution in [3.8, 4) is 0 Å². The van der Waals surface area contributed by atoms with Crippen molar-refractivity contribution in [2.45, 2.75) is 91.3 Å². The number of likely N-dealkylation sites (tertiary alicyclic amines) is 1. The van der Waals surface area contributed by atoms with Gasteiger partial charge in [0.25, 0.3) is 5.91 Å². The molecule has 3 atom stereocenters. The maximum absolute atomic E-state index is 13.9. The van der Waals surface area contributed by atoms with E-state index >= 15 is 0 Å². The standard InChI is InChI=1S/C35H46N2O3/c1-24-11-7-8-14-29(24)33(39)37-22-10-15-30(32(38)36-28-13-9-12-27(23-28)34(2,3)4)31(37)26-18-16-25(17-19-26)20-21-35(5,6)40/h7-9,11-14,16-19,28,30-31,40H,10,15,20-23H2,1-6H3,(H,36,38). The molecule has 40 heavy (non-hydrogen) atoms. The van der Waals surface area contributed by atoms with Crippen LogP contribution in [0.15, 0.2) is 72.3 Å². The molecule has 2 N–H and O–H groups in total. The Kier molecular flexibility index (Phi) is 9.04. The fraction of sp³-hybridized carbons (Fsp3) is 0.486. The summed E-state index contributed by atoms with van der Waals surface area (Å²) in [6.45, 7) is 12.8. The highest BCUT2D eigenvalue weighted by atomic mass is 16.3. The lowest BCUT2D eigenvalue weighted by molar-refractivity contribution is -0.128. The van der Waals surface area contributed by atoms with E-state index in [1.54, 1.807) is 0 Å². The summed E-state index contributed by atoms with van der Waals surface area (Å²) in [4.78, 5) is 29.8. The van der Waals surface area contributed by atoms with Gasteiger partial charge in [-0.15, -0.1) is 0 Å². The van der Waals surface area contributed by atoms with Crippen molar-refractivity contribution < 1.29 is 14.7 Å². The molecule has 2 aromatic rings. The topological polar surface area (TPSA) is 69.6 Å². The quantitative estimate of drug-likeness (QED) is 0.409. The van der Waals surface area contributed by atoms with Crippen LogP contribution in [0.5, 0.6) is 0 Å². The van der Waals surface area contributed by atoms with Crippen LogP contribution in [0.25, 0.3) is 0 Å². The maximum Gasteiger partial charge on any atom is 0.254 e. The van der Waals surface area contributed by atoms with Crippen molar-refractivity contribution >= 4 is 11.8 Å². The molecular weight excluding hydrogens is 496 g/mol. The number of hydrogen-bond donors (Lipinski definition) is 2. The zero-order valence-corrected chi connectivity index (χ0v) is 25.0. The lowest BCUT2D eigenvalue weighted by Gasteiger charge is -2.42. The second-order valence-corrected chi connectivity index (χ2v) is 13.2. The van der Waals surface area contributed by atoms with Gasteiger partial charge in [0, 0.05) is 12.1 Å². The first-order valence-corrected chi connectivity index (χ1v) is 14.7. The highest BCUT2D eigenvalue weighted by Gasteiger charge is 2.40. The Bertz CT molecular complexity index is 1260. The average molecular weight is 543 g/mol. The largest absolute Gasteiger partial charge is 0.390 e. The molecule has 1 aliphatic carbocycles. The number of carbonyl (C=O) groups excluding carboxylic acids is 2. The molecule has 0 aromatic heterocycles. The first-order chi connectivity index (χ1) is 18.8. The van der Waals surface area contributed by atoms with E-state index in [0.717, 1.165) is 42.4 Å². The Hall–Kier alpha value is -3.18. The van der Waals surface area contributed by atoms with E-state index in [1.165, 1.54) is 5.57 Å². The number of benzene rings is 2. The van der Waals surface area contributed by atoms with E-state index in [0.29, 0.717) is 18.5 Å². The van der Waals surface area contributed by atoms with Crippen LogP contribution in [-0.4, -0.2) is 40.0 Å². The van der Waals surface area contributed by atoms with E-state index in [1.807, 2.05) is 56.0 Å². The summed E-state index contributed by atoms with van der Waals surface area (Å²) in [7, 11) is 0. The molecule has 1 fully saturated rings. The Balaban J connectivity index is 1.62. The van der Waals surface area contributed by atoms with Gasteiger partial charge in [-0.25, -0.2) is 0 Å². The van der Waals surface area contributed by atoms with Crippen molar-refractivity contribution in [2.75, 3.05) is 6.54 Å². The van der Waals surface area contributed by atoms with Crippen molar-refractivity contribution in [1.82, 2.24) is 10.2 Å². The van der Waals surface area contributed by atoms with Gasteiger partial charge in [-0.2, -0.15) is 0 Å². The molecule has 2 aromatic carbocycles. The van der Waals surface area contributed by atoms with Crippen molar-refractivity contribution in [3.05, 3.63) is 94.6 Å². The van der Waals surface area contributed by atoms with Crippen LogP contribution in [0.1, 0.15) is 93.4 Å². The summed E-state index contributed by atoms with van der Waals surface area (Å²) < 4.78 is 0. The average Bonchev–Trinajstić information content (AvgIpc) is 2.91. The lowest BCUT2D eigenvalue weighted by atomic mass is 9.80. The molecular formula is C35H46N2O3. The minimum absolute atomic E-state index is 0.00296. The molecule has 1 aliphatic heterocycles. The van der Waals surface area contributed by atoms with Gasteiger partial charge >= 0.3 is 0 Å². The van der Waals surface area contributed by atoms with Gasteiger partial charge in [0.05, 0.1) is 23.6 Å². The summed E-state index contributed by atoms with van der Waals surface area (Å²) in [6, 6.07) is 15.6. The Morgan fingerprint density at radius 2 is 1.73 bits per heavy atom. The number of piperidine rings is 1. The Morgan fingerprint density at radius 1 is 1.02 bits per heavy atom. The second-order valence-electron chi connectivity index (χ2n) is 13.2. The maximum atomic E-state index is 13.9. The predicted molar refractivity (Wildman–Crippen MR) is 162 cm³/mol. The van der Waals surface area contributed by atoms with Gasteiger partial charge in [-0.3, -0.25) is 9.59 Å². The number of aliphatic hydroxyl groups is 1. The van der Waals surface area contributed by atoms with Crippen molar-refractivity contribution in [2.24, 2.45) is 11.3 Å². The van der Waals surface area contributed by atoms with Gasteiger partial charge in [0.1, 0.15) is 0 Å². The number of nitrogens with one attached hydrogen (secondary N) is 1. The van der Waals surface area contributed by atoms with Crippen LogP contribution in [0.2, 0.25) is 0 Å². The lowest BCUT2D eigenvalue weighted by Crippen LogP contribution is -2.49. The van der Waals surface area contributed by atoms with E-state index in [4.69, 9.17) is 0 Å². The third kappa shape index (κ3) is 7.31. The van der Waals surface area contributed by atoms with Gasteiger partial charge in [0.2, 0.25) is 5.91 Å². The summed E-state index contributed by atoms with van der Waals surface area (Å²) in [6.07, 6.45) is 10.0. The zero-order chi connectivity index (χ0) is 29.1. The number of hydrogen-bond acceptors (Lipinski definition) is 3. The molecule has 2 aliphatic rings. The molecule has 0 saturated carbocycles. The zero-order valence-electron chi connectivity index (χ0n) is 25.0. The Labute approximate surface area is 240 Å². The summed E-state index contributed by atoms with van der Waals surface area (Å²) in [5.74, 6) is -0.369. The third-order valence-electron chi connectivity index (χ3n) is 8.32. The number of aryl methyl sites for hydroxylation is 2. The van der Waals surface area contributed by atoms with E-state index < -0.39 is 5.60 Å². The van der Waals surface area contributed by atoms with E-state index in [-0.39, 0.29) is 35.2 Å². The van der Waals surface area contributed by atoms with Gasteiger partial charge in [0.15, 0.2) is 0 Å². The SMILES string of the molecule is Cc1ccccc1C(=O)N1CCCC(C(=O)NC2C=CC=C(C(C)(C)C)C2)C1c1ccc(CCC(C)(C)O)cc1. The van der Waals surface area contributed by atoms with Crippen LogP contribution in [0.4, 0.5) is 0 Å². The molecule has 4 rings (SSSR count). The highest BCUT2D eigenvalue weighted by Crippen LogP contribution is 2.38. The molecule has 0 spiro atoms. The van der Waals surface area contributed by atoms with Crippen LogP contribution < -0.4 is 5.32 Å². The molecule has 0 bridgehead atoms. The first kappa shape index (κ1) is 29.8. The van der Waals surface area contributed by atoms with Gasteiger partial charge in [-0.05, 0) is 81.0 Å². The van der Waals surface area contributed by atoms with Gasteiger partial charge in [-0.1, -0.05) is 87.0 Å². The number of amides is 2. The number of carbonyl (C=O) groups is 2. The van der Waals surface area contributed by atoms with Gasteiger partial charge < -0.3 is 15.3 Å². The van der Waals surface area contributed by atoms with Crippen molar-refractivity contribution in [1.29, 1.82) is 0 Å². The second kappa shape index (κ2) is 12.1. The number of nitrogens with zero attached hydrogens (tertiary/aromatic N) is 1. The monoisotopic (exact) mass is 542 g/mol. The third-order valence-corrected chi connectivity index (χ3v) is 8.32. The fourth-order valence-corrected chi connectivity index (χ4v) is 5.83. The minimum atomic E-state index is -0.725. The smallest absolute Gasteiger partial charge is 0.254 e. The molecule has 214 valence electrons. The summed E-state index contributed by atoms with van der Waals surface area (Å²) in [5.41, 5.74) is 4.37. The molecule has 2 amide bonds. The fourth-order valence-electron chi connectivity index (χ4n) is 5.83. The number of rotatable bonds is 7. The Morgan fingerprint density at radius 3 is 2.38 bits per heavy atom. The summed E-state index contributed by atoms with van der Waals surface area (Å²) in [5, 5.41) is 13.5. The first-order valence-electron chi connectivity index (χ1n) is 14.7. The van der Waals surface area contributed by atoms with Crippen LogP contribution in [-0.2, 0) is 11.2 Å². The van der Waals surface area contributed by atoms with Crippen LogP contribution in [0, 0.1) is 18.3 Å². The van der Waals surface area contributed by atoms with Crippen LogP contribution in [0.3, 0.4) is 0 Å². The van der Waals surface area contributed by atoms with E-state index in [2.05, 4.69) is 62.5 Å². The predicted octanol–water partition coefficient (Wildman–Crippen LogP) is 6.71. The molecule has 3 unspecified atom stereocenters. The molecule has 5 heteroatoms. The number of allylic oxidation sites excluding steroid dienone is 2. The minimum Gasteiger partial charge on any atom is -0.390 e. The molecule has 1 saturated heterocycles.